The second-order valence-electron chi connectivity index (χ2n) is 5.74. The predicted molar refractivity (Wildman–Crippen MR) is 64.1 cm³/mol. The van der Waals surface area contributed by atoms with E-state index in [1.165, 1.54) is 0 Å². The molecule has 0 bridgehead atoms. The summed E-state index contributed by atoms with van der Waals surface area (Å²) in [5.74, 6) is 0.321. The Bertz CT molecular complexity index is 295. The molecule has 0 radical (unpaired) electrons. The first kappa shape index (κ1) is 11.9. The summed E-state index contributed by atoms with van der Waals surface area (Å²) in [6, 6.07) is 0.849. The standard InChI is InChI=1S/C12H23N3O/c1-9(2)14-6-12(7-14)11(16)15(10(3)4)8-13(12)5/h9-10H,6-8H2,1-5H3. The minimum Gasteiger partial charge on any atom is -0.326 e. The number of hydrogen-bond acceptors (Lipinski definition) is 3. The Morgan fingerprint density at radius 2 is 1.69 bits per heavy atom. The molecular formula is C12H23N3O. The molecule has 0 aromatic carbocycles. The zero-order valence-electron chi connectivity index (χ0n) is 11.0. The summed E-state index contributed by atoms with van der Waals surface area (Å²) in [7, 11) is 2.07. The third-order valence-electron chi connectivity index (χ3n) is 4.04. The quantitative estimate of drug-likeness (QED) is 0.688. The molecule has 2 saturated heterocycles. The van der Waals surface area contributed by atoms with E-state index in [1.807, 2.05) is 4.90 Å². The maximum atomic E-state index is 12.4. The maximum Gasteiger partial charge on any atom is 0.247 e. The lowest BCUT2D eigenvalue weighted by atomic mass is 9.87. The molecule has 1 spiro atoms. The van der Waals surface area contributed by atoms with Gasteiger partial charge < -0.3 is 4.90 Å². The predicted octanol–water partition coefficient (Wildman–Crippen LogP) is 0.589. The molecule has 0 unspecified atom stereocenters. The van der Waals surface area contributed by atoms with Crippen molar-refractivity contribution in [1.29, 1.82) is 0 Å². The van der Waals surface area contributed by atoms with Crippen LogP contribution in [-0.4, -0.2) is 65.0 Å². The fourth-order valence-electron chi connectivity index (χ4n) is 2.62. The Balaban J connectivity index is 2.10. The van der Waals surface area contributed by atoms with Gasteiger partial charge in [0, 0.05) is 25.2 Å². The van der Waals surface area contributed by atoms with Crippen molar-refractivity contribution in [2.75, 3.05) is 26.8 Å². The van der Waals surface area contributed by atoms with Crippen LogP contribution in [0.4, 0.5) is 0 Å². The SMILES string of the molecule is CC(C)N1CC2(C1)C(=O)N(C(C)C)CN2C. The summed E-state index contributed by atoms with van der Waals surface area (Å²) in [6.07, 6.45) is 0. The molecular weight excluding hydrogens is 202 g/mol. The number of likely N-dealkylation sites (N-methyl/N-ethyl adjacent to an activating group) is 1. The number of carbonyl (C=O) groups is 1. The molecule has 0 aromatic heterocycles. The summed E-state index contributed by atoms with van der Waals surface area (Å²) >= 11 is 0. The van der Waals surface area contributed by atoms with Gasteiger partial charge in [0.15, 0.2) is 0 Å². The summed E-state index contributed by atoms with van der Waals surface area (Å²) in [5.41, 5.74) is -0.214. The van der Waals surface area contributed by atoms with Crippen molar-refractivity contribution in [3.63, 3.8) is 0 Å². The van der Waals surface area contributed by atoms with Gasteiger partial charge in [0.25, 0.3) is 0 Å². The Morgan fingerprint density at radius 1 is 1.12 bits per heavy atom. The fourth-order valence-corrected chi connectivity index (χ4v) is 2.62. The Morgan fingerprint density at radius 3 is 2.06 bits per heavy atom. The monoisotopic (exact) mass is 225 g/mol. The molecule has 1 amide bonds. The lowest BCUT2D eigenvalue weighted by Gasteiger charge is -2.51. The van der Waals surface area contributed by atoms with Crippen LogP contribution < -0.4 is 0 Å². The van der Waals surface area contributed by atoms with E-state index in [2.05, 4.69) is 44.5 Å². The van der Waals surface area contributed by atoms with Gasteiger partial charge in [-0.15, -0.1) is 0 Å². The highest BCUT2D eigenvalue weighted by Gasteiger charge is 2.58. The van der Waals surface area contributed by atoms with Crippen molar-refractivity contribution in [3.8, 4) is 0 Å². The Labute approximate surface area is 98.2 Å². The van der Waals surface area contributed by atoms with E-state index >= 15 is 0 Å². The molecule has 16 heavy (non-hydrogen) atoms. The smallest absolute Gasteiger partial charge is 0.247 e. The normalized spacial score (nSPS) is 26.2. The molecule has 0 N–H and O–H groups in total. The van der Waals surface area contributed by atoms with Gasteiger partial charge in [0.1, 0.15) is 5.54 Å². The van der Waals surface area contributed by atoms with Crippen molar-refractivity contribution >= 4 is 5.91 Å². The molecule has 0 atom stereocenters. The van der Waals surface area contributed by atoms with Gasteiger partial charge in [-0.25, -0.2) is 0 Å². The lowest BCUT2D eigenvalue weighted by molar-refractivity contribution is -0.143. The van der Waals surface area contributed by atoms with Crippen molar-refractivity contribution < 1.29 is 4.79 Å². The molecule has 0 aliphatic carbocycles. The number of rotatable bonds is 2. The zero-order chi connectivity index (χ0) is 12.1. The first-order valence-corrected chi connectivity index (χ1v) is 6.15. The van der Waals surface area contributed by atoms with Gasteiger partial charge in [-0.1, -0.05) is 0 Å². The van der Waals surface area contributed by atoms with Gasteiger partial charge in [0.05, 0.1) is 6.67 Å². The average Bonchev–Trinajstić information content (AvgIpc) is 2.35. The molecule has 2 aliphatic rings. The highest BCUT2D eigenvalue weighted by Crippen LogP contribution is 2.35. The zero-order valence-corrected chi connectivity index (χ0v) is 11.0. The van der Waals surface area contributed by atoms with Crippen LogP contribution in [0.3, 0.4) is 0 Å². The molecule has 2 heterocycles. The minimum atomic E-state index is -0.214. The number of likely N-dealkylation sites (tertiary alicyclic amines) is 1. The van der Waals surface area contributed by atoms with E-state index in [0.29, 0.717) is 18.0 Å². The molecule has 0 aromatic rings. The van der Waals surface area contributed by atoms with Gasteiger partial charge in [-0.3, -0.25) is 14.6 Å². The Hall–Kier alpha value is -0.610. The van der Waals surface area contributed by atoms with E-state index in [9.17, 15) is 4.79 Å². The summed E-state index contributed by atoms with van der Waals surface area (Å²) in [4.78, 5) is 18.9. The van der Waals surface area contributed by atoms with Crippen molar-refractivity contribution in [1.82, 2.24) is 14.7 Å². The van der Waals surface area contributed by atoms with Gasteiger partial charge in [-0.05, 0) is 34.7 Å². The van der Waals surface area contributed by atoms with Gasteiger partial charge >= 0.3 is 0 Å². The van der Waals surface area contributed by atoms with E-state index in [0.717, 1.165) is 19.8 Å². The third kappa shape index (κ3) is 1.47. The maximum absolute atomic E-state index is 12.4. The largest absolute Gasteiger partial charge is 0.326 e. The topological polar surface area (TPSA) is 26.8 Å². The summed E-state index contributed by atoms with van der Waals surface area (Å²) in [6.45, 7) is 11.1. The van der Waals surface area contributed by atoms with Crippen LogP contribution in [-0.2, 0) is 4.79 Å². The van der Waals surface area contributed by atoms with Crippen LogP contribution in [0.25, 0.3) is 0 Å². The molecule has 4 nitrogen and oxygen atoms in total. The molecule has 92 valence electrons. The van der Waals surface area contributed by atoms with Crippen LogP contribution >= 0.6 is 0 Å². The number of carbonyl (C=O) groups excluding carboxylic acids is 1. The highest BCUT2D eigenvalue weighted by atomic mass is 16.2. The number of hydrogen-bond donors (Lipinski definition) is 0. The van der Waals surface area contributed by atoms with Crippen LogP contribution in [0.2, 0.25) is 0 Å². The molecule has 4 heteroatoms. The third-order valence-corrected chi connectivity index (χ3v) is 4.04. The van der Waals surface area contributed by atoms with E-state index in [4.69, 9.17) is 0 Å². The highest BCUT2D eigenvalue weighted by molar-refractivity contribution is 5.90. The molecule has 2 aliphatic heterocycles. The van der Waals surface area contributed by atoms with Crippen molar-refractivity contribution in [3.05, 3.63) is 0 Å². The molecule has 2 fully saturated rings. The van der Waals surface area contributed by atoms with E-state index < -0.39 is 0 Å². The number of amides is 1. The van der Waals surface area contributed by atoms with Crippen LogP contribution in [0, 0.1) is 0 Å². The number of nitrogens with zero attached hydrogens (tertiary/aromatic N) is 3. The van der Waals surface area contributed by atoms with Gasteiger partial charge in [-0.2, -0.15) is 0 Å². The van der Waals surface area contributed by atoms with Crippen molar-refractivity contribution in [2.24, 2.45) is 0 Å². The second kappa shape index (κ2) is 3.70. The van der Waals surface area contributed by atoms with E-state index in [1.54, 1.807) is 0 Å². The van der Waals surface area contributed by atoms with E-state index in [-0.39, 0.29) is 5.54 Å². The first-order valence-electron chi connectivity index (χ1n) is 6.15. The lowest BCUT2D eigenvalue weighted by Crippen LogP contribution is -2.72. The average molecular weight is 225 g/mol. The summed E-state index contributed by atoms with van der Waals surface area (Å²) in [5, 5.41) is 0. The fraction of sp³-hybridized carbons (Fsp3) is 0.917. The van der Waals surface area contributed by atoms with Gasteiger partial charge in [0.2, 0.25) is 5.91 Å². The minimum absolute atomic E-state index is 0.214. The van der Waals surface area contributed by atoms with Crippen LogP contribution in [0.1, 0.15) is 27.7 Å². The second-order valence-corrected chi connectivity index (χ2v) is 5.74. The molecule has 2 rings (SSSR count). The Kier molecular flexibility index (Phi) is 2.75. The van der Waals surface area contributed by atoms with Crippen molar-refractivity contribution in [2.45, 2.75) is 45.3 Å². The first-order chi connectivity index (χ1) is 7.38. The van der Waals surface area contributed by atoms with Crippen LogP contribution in [0.5, 0.6) is 0 Å². The summed E-state index contributed by atoms with van der Waals surface area (Å²) < 4.78 is 0. The molecule has 0 saturated carbocycles. The van der Waals surface area contributed by atoms with Crippen LogP contribution in [0.15, 0.2) is 0 Å².